The van der Waals surface area contributed by atoms with Gasteiger partial charge < -0.3 is 14.7 Å². The molecule has 0 radical (unpaired) electrons. The van der Waals surface area contributed by atoms with Crippen LogP contribution in [-0.2, 0) is 9.53 Å². The lowest BCUT2D eigenvalue weighted by molar-refractivity contribution is -0.138. The van der Waals surface area contributed by atoms with E-state index in [9.17, 15) is 4.79 Å². The highest BCUT2D eigenvalue weighted by molar-refractivity contribution is 5.76. The molecule has 1 atom stereocenters. The SMILES string of the molecule is CC1CN(C(=O)CCCCO)CCO1. The van der Waals surface area contributed by atoms with Crippen molar-refractivity contribution in [2.24, 2.45) is 0 Å². The van der Waals surface area contributed by atoms with Crippen LogP contribution in [0.2, 0.25) is 0 Å². The third kappa shape index (κ3) is 3.64. The molecule has 1 unspecified atom stereocenters. The van der Waals surface area contributed by atoms with E-state index in [0.717, 1.165) is 6.42 Å². The minimum absolute atomic E-state index is 0.158. The predicted molar refractivity (Wildman–Crippen MR) is 52.9 cm³/mol. The van der Waals surface area contributed by atoms with Gasteiger partial charge in [0.2, 0.25) is 5.91 Å². The van der Waals surface area contributed by atoms with E-state index in [1.165, 1.54) is 0 Å². The molecule has 1 fully saturated rings. The normalized spacial score (nSPS) is 22.4. The van der Waals surface area contributed by atoms with Crippen molar-refractivity contribution in [3.8, 4) is 0 Å². The van der Waals surface area contributed by atoms with E-state index in [4.69, 9.17) is 9.84 Å². The smallest absolute Gasteiger partial charge is 0.222 e. The Morgan fingerprint density at radius 2 is 2.36 bits per heavy atom. The molecule has 0 aromatic rings. The number of hydrogen-bond acceptors (Lipinski definition) is 3. The van der Waals surface area contributed by atoms with Crippen molar-refractivity contribution >= 4 is 5.91 Å². The number of morpholine rings is 1. The van der Waals surface area contributed by atoms with Gasteiger partial charge in [0.05, 0.1) is 12.7 Å². The largest absolute Gasteiger partial charge is 0.396 e. The minimum Gasteiger partial charge on any atom is -0.396 e. The summed E-state index contributed by atoms with van der Waals surface area (Å²) >= 11 is 0. The number of nitrogens with zero attached hydrogens (tertiary/aromatic N) is 1. The summed E-state index contributed by atoms with van der Waals surface area (Å²) < 4.78 is 5.35. The van der Waals surface area contributed by atoms with Crippen LogP contribution >= 0.6 is 0 Å². The first-order chi connectivity index (χ1) is 6.74. The summed E-state index contributed by atoms with van der Waals surface area (Å²) in [7, 11) is 0. The van der Waals surface area contributed by atoms with Gasteiger partial charge in [0.1, 0.15) is 0 Å². The third-order valence-corrected chi connectivity index (χ3v) is 2.39. The van der Waals surface area contributed by atoms with E-state index >= 15 is 0 Å². The lowest BCUT2D eigenvalue weighted by Gasteiger charge is -2.31. The second kappa shape index (κ2) is 5.98. The maximum absolute atomic E-state index is 11.6. The molecule has 1 saturated heterocycles. The van der Waals surface area contributed by atoms with Crippen molar-refractivity contribution in [3.63, 3.8) is 0 Å². The molecule has 1 rings (SSSR count). The van der Waals surface area contributed by atoms with Crippen LogP contribution in [0.1, 0.15) is 26.2 Å². The first-order valence-electron chi connectivity index (χ1n) is 5.24. The molecule has 1 aliphatic heterocycles. The van der Waals surface area contributed by atoms with E-state index in [0.29, 0.717) is 32.5 Å². The second-order valence-corrected chi connectivity index (χ2v) is 3.70. The summed E-state index contributed by atoms with van der Waals surface area (Å²) in [5.41, 5.74) is 0. The molecule has 1 N–H and O–H groups in total. The Bertz CT molecular complexity index is 184. The number of ether oxygens (including phenoxy) is 1. The summed E-state index contributed by atoms with van der Waals surface area (Å²) in [5, 5.41) is 8.59. The first-order valence-corrected chi connectivity index (χ1v) is 5.24. The summed E-state index contributed by atoms with van der Waals surface area (Å²) in [6.07, 6.45) is 2.20. The van der Waals surface area contributed by atoms with Gasteiger partial charge in [0, 0.05) is 26.1 Å². The molecule has 0 aliphatic carbocycles. The van der Waals surface area contributed by atoms with Crippen LogP contribution in [0.4, 0.5) is 0 Å². The van der Waals surface area contributed by atoms with Crippen molar-refractivity contribution in [3.05, 3.63) is 0 Å². The van der Waals surface area contributed by atoms with Crippen LogP contribution in [0.15, 0.2) is 0 Å². The summed E-state index contributed by atoms with van der Waals surface area (Å²) in [6.45, 7) is 4.22. The van der Waals surface area contributed by atoms with Crippen molar-refractivity contribution < 1.29 is 14.6 Å². The molecule has 0 aromatic carbocycles. The molecule has 14 heavy (non-hydrogen) atoms. The average Bonchev–Trinajstić information content (AvgIpc) is 2.18. The van der Waals surface area contributed by atoms with Gasteiger partial charge in [-0.3, -0.25) is 4.79 Å². The number of hydrogen-bond donors (Lipinski definition) is 1. The molecule has 1 amide bonds. The van der Waals surface area contributed by atoms with E-state index in [1.807, 2.05) is 11.8 Å². The number of unbranched alkanes of at least 4 members (excludes halogenated alkanes) is 1. The van der Waals surface area contributed by atoms with Crippen molar-refractivity contribution in [1.29, 1.82) is 0 Å². The zero-order valence-electron chi connectivity index (χ0n) is 8.74. The highest BCUT2D eigenvalue weighted by atomic mass is 16.5. The Balaban J connectivity index is 2.22. The Hall–Kier alpha value is -0.610. The molecule has 82 valence electrons. The second-order valence-electron chi connectivity index (χ2n) is 3.70. The van der Waals surface area contributed by atoms with E-state index in [2.05, 4.69) is 0 Å². The maximum atomic E-state index is 11.6. The van der Waals surface area contributed by atoms with Crippen LogP contribution in [0.25, 0.3) is 0 Å². The molecule has 0 bridgehead atoms. The van der Waals surface area contributed by atoms with Gasteiger partial charge in [-0.2, -0.15) is 0 Å². The van der Waals surface area contributed by atoms with Gasteiger partial charge in [-0.05, 0) is 19.8 Å². The lowest BCUT2D eigenvalue weighted by atomic mass is 10.2. The standard InChI is InChI=1S/C10H19NO3/c1-9-8-11(5-7-14-9)10(13)4-2-3-6-12/h9,12H,2-8H2,1H3. The molecule has 1 aliphatic rings. The number of rotatable bonds is 4. The fourth-order valence-electron chi connectivity index (χ4n) is 1.59. The molecule has 0 saturated carbocycles. The summed E-state index contributed by atoms with van der Waals surface area (Å²) in [5.74, 6) is 0.189. The fraction of sp³-hybridized carbons (Fsp3) is 0.900. The van der Waals surface area contributed by atoms with Gasteiger partial charge in [-0.1, -0.05) is 0 Å². The van der Waals surface area contributed by atoms with Gasteiger partial charge in [0.25, 0.3) is 0 Å². The molecule has 0 aromatic heterocycles. The van der Waals surface area contributed by atoms with Crippen molar-refractivity contribution in [1.82, 2.24) is 4.90 Å². The average molecular weight is 201 g/mol. The molecule has 4 nitrogen and oxygen atoms in total. The van der Waals surface area contributed by atoms with Crippen LogP contribution in [0.3, 0.4) is 0 Å². The molecular formula is C10H19NO3. The van der Waals surface area contributed by atoms with Crippen LogP contribution < -0.4 is 0 Å². The fourth-order valence-corrected chi connectivity index (χ4v) is 1.59. The van der Waals surface area contributed by atoms with E-state index in [1.54, 1.807) is 0 Å². The highest BCUT2D eigenvalue weighted by Crippen LogP contribution is 2.07. The zero-order valence-corrected chi connectivity index (χ0v) is 8.74. The highest BCUT2D eigenvalue weighted by Gasteiger charge is 2.20. The number of carbonyl (C=O) groups is 1. The van der Waals surface area contributed by atoms with Crippen molar-refractivity contribution in [2.75, 3.05) is 26.3 Å². The number of aliphatic hydroxyl groups excluding tert-OH is 1. The van der Waals surface area contributed by atoms with Gasteiger partial charge >= 0.3 is 0 Å². The molecule has 1 heterocycles. The predicted octanol–water partition coefficient (Wildman–Crippen LogP) is 0.396. The number of amides is 1. The minimum atomic E-state index is 0.158. The first kappa shape index (κ1) is 11.5. The lowest BCUT2D eigenvalue weighted by Crippen LogP contribution is -2.44. The number of aliphatic hydroxyl groups is 1. The Kier molecular flexibility index (Phi) is 4.90. The van der Waals surface area contributed by atoms with Crippen LogP contribution in [-0.4, -0.2) is 48.3 Å². The van der Waals surface area contributed by atoms with E-state index in [-0.39, 0.29) is 18.6 Å². The third-order valence-electron chi connectivity index (χ3n) is 2.39. The van der Waals surface area contributed by atoms with Gasteiger partial charge in [0.15, 0.2) is 0 Å². The quantitative estimate of drug-likeness (QED) is 0.670. The zero-order chi connectivity index (χ0) is 10.4. The van der Waals surface area contributed by atoms with Crippen LogP contribution in [0, 0.1) is 0 Å². The Morgan fingerprint density at radius 3 is 3.00 bits per heavy atom. The monoisotopic (exact) mass is 201 g/mol. The van der Waals surface area contributed by atoms with Crippen LogP contribution in [0.5, 0.6) is 0 Å². The Morgan fingerprint density at radius 1 is 1.57 bits per heavy atom. The van der Waals surface area contributed by atoms with Gasteiger partial charge in [-0.15, -0.1) is 0 Å². The van der Waals surface area contributed by atoms with Crippen molar-refractivity contribution in [2.45, 2.75) is 32.3 Å². The Labute approximate surface area is 84.8 Å². The molecule has 4 heteroatoms. The number of carbonyl (C=O) groups excluding carboxylic acids is 1. The van der Waals surface area contributed by atoms with Gasteiger partial charge in [-0.25, -0.2) is 0 Å². The maximum Gasteiger partial charge on any atom is 0.222 e. The summed E-state index contributed by atoms with van der Waals surface area (Å²) in [4.78, 5) is 13.5. The summed E-state index contributed by atoms with van der Waals surface area (Å²) in [6, 6.07) is 0. The molecular weight excluding hydrogens is 182 g/mol. The topological polar surface area (TPSA) is 49.8 Å². The molecule has 0 spiro atoms. The van der Waals surface area contributed by atoms with E-state index < -0.39 is 0 Å².